The lowest BCUT2D eigenvalue weighted by Crippen LogP contribution is -2.44. The molecule has 2 aromatic rings. The van der Waals surface area contributed by atoms with Gasteiger partial charge in [0.05, 0.1) is 11.1 Å². The van der Waals surface area contributed by atoms with E-state index in [0.29, 0.717) is 28.7 Å². The van der Waals surface area contributed by atoms with Crippen LogP contribution >= 0.6 is 11.3 Å². The van der Waals surface area contributed by atoms with E-state index in [9.17, 15) is 14.0 Å². The SMILES string of the molecule is CC(C)(C)OC(=O)N1CCC(Nc2ncc(C(=O)c3cccc(F)c3)s2)CC1.CN. The van der Waals surface area contributed by atoms with Crippen molar-refractivity contribution in [3.63, 3.8) is 0 Å². The molecule has 7 nitrogen and oxygen atoms in total. The highest BCUT2D eigenvalue weighted by Gasteiger charge is 2.27. The summed E-state index contributed by atoms with van der Waals surface area (Å²) in [5.41, 5.74) is 4.30. The molecule has 0 saturated carbocycles. The number of carbonyl (C=O) groups excluding carboxylic acids is 2. The molecule has 1 amide bonds. The Balaban J connectivity index is 0.00000155. The molecule has 0 spiro atoms. The van der Waals surface area contributed by atoms with Gasteiger partial charge < -0.3 is 20.7 Å². The van der Waals surface area contributed by atoms with Crippen molar-refractivity contribution in [3.05, 3.63) is 46.7 Å². The van der Waals surface area contributed by atoms with Gasteiger partial charge in [0.25, 0.3) is 0 Å². The van der Waals surface area contributed by atoms with E-state index in [1.54, 1.807) is 11.0 Å². The summed E-state index contributed by atoms with van der Waals surface area (Å²) in [5.74, 6) is -0.685. The first-order chi connectivity index (χ1) is 14.2. The first-order valence-corrected chi connectivity index (χ1v) is 10.6. The molecule has 2 heterocycles. The zero-order valence-electron chi connectivity index (χ0n) is 17.8. The summed E-state index contributed by atoms with van der Waals surface area (Å²) >= 11 is 1.25. The standard InChI is InChI=1S/C20H24FN3O3S.CH5N/c1-20(2,3)27-19(26)24-9-7-15(8-10-24)23-18-22-12-16(28-18)17(25)13-5-4-6-14(21)11-13;1-2/h4-6,11-12,15H,7-10H2,1-3H3,(H,22,23);2H2,1H3. The molecule has 1 aliphatic heterocycles. The molecule has 0 atom stereocenters. The molecule has 30 heavy (non-hydrogen) atoms. The fourth-order valence-corrected chi connectivity index (χ4v) is 3.78. The van der Waals surface area contributed by atoms with E-state index in [-0.39, 0.29) is 17.9 Å². The van der Waals surface area contributed by atoms with Crippen molar-refractivity contribution in [1.82, 2.24) is 9.88 Å². The topological polar surface area (TPSA) is 97.5 Å². The van der Waals surface area contributed by atoms with E-state index in [1.165, 1.54) is 42.8 Å². The summed E-state index contributed by atoms with van der Waals surface area (Å²) in [6, 6.07) is 5.80. The number of thiazole rings is 1. The molecular weight excluding hydrogens is 407 g/mol. The molecule has 1 aliphatic rings. The van der Waals surface area contributed by atoms with Crippen LogP contribution in [0.4, 0.5) is 14.3 Å². The van der Waals surface area contributed by atoms with Crippen molar-refractivity contribution in [2.45, 2.75) is 45.3 Å². The van der Waals surface area contributed by atoms with Crippen molar-refractivity contribution in [2.24, 2.45) is 5.73 Å². The van der Waals surface area contributed by atoms with Crippen LogP contribution in [0, 0.1) is 5.82 Å². The molecule has 0 unspecified atom stereocenters. The molecule has 1 aromatic heterocycles. The number of aromatic nitrogens is 1. The van der Waals surface area contributed by atoms with Gasteiger partial charge in [-0.3, -0.25) is 4.79 Å². The molecule has 0 radical (unpaired) electrons. The number of nitrogens with one attached hydrogen (secondary N) is 1. The van der Waals surface area contributed by atoms with Gasteiger partial charge in [0.15, 0.2) is 5.13 Å². The van der Waals surface area contributed by atoms with Crippen LogP contribution in [0.3, 0.4) is 0 Å². The normalized spacial score (nSPS) is 14.5. The van der Waals surface area contributed by atoms with Gasteiger partial charge in [-0.15, -0.1) is 0 Å². The minimum Gasteiger partial charge on any atom is -0.444 e. The van der Waals surface area contributed by atoms with Crippen LogP contribution in [0.1, 0.15) is 48.8 Å². The second-order valence-electron chi connectivity index (χ2n) is 7.76. The minimum absolute atomic E-state index is 0.168. The maximum Gasteiger partial charge on any atom is 0.410 e. The molecule has 0 aliphatic carbocycles. The molecule has 1 fully saturated rings. The number of hydrogen-bond acceptors (Lipinski definition) is 7. The highest BCUT2D eigenvalue weighted by Crippen LogP contribution is 2.24. The number of halogens is 1. The third-order valence-electron chi connectivity index (χ3n) is 4.29. The third-order valence-corrected chi connectivity index (χ3v) is 5.22. The molecule has 1 saturated heterocycles. The molecule has 3 rings (SSSR count). The van der Waals surface area contributed by atoms with Gasteiger partial charge in [0.1, 0.15) is 11.4 Å². The Morgan fingerprint density at radius 1 is 1.27 bits per heavy atom. The Hall–Kier alpha value is -2.52. The highest BCUT2D eigenvalue weighted by molar-refractivity contribution is 7.17. The number of piperidine rings is 1. The fraction of sp³-hybridized carbons (Fsp3) is 0.476. The number of likely N-dealkylation sites (tertiary alicyclic amines) is 1. The maximum absolute atomic E-state index is 13.3. The molecule has 164 valence electrons. The van der Waals surface area contributed by atoms with E-state index < -0.39 is 11.4 Å². The van der Waals surface area contributed by atoms with Crippen molar-refractivity contribution < 1.29 is 18.7 Å². The average molecular weight is 437 g/mol. The third kappa shape index (κ3) is 6.77. The smallest absolute Gasteiger partial charge is 0.410 e. The predicted molar refractivity (Wildman–Crippen MR) is 117 cm³/mol. The van der Waals surface area contributed by atoms with E-state index in [1.807, 2.05) is 20.8 Å². The lowest BCUT2D eigenvalue weighted by Gasteiger charge is -2.33. The van der Waals surface area contributed by atoms with E-state index in [4.69, 9.17) is 4.74 Å². The van der Waals surface area contributed by atoms with Gasteiger partial charge in [-0.05, 0) is 52.8 Å². The average Bonchev–Trinajstić information content (AvgIpc) is 3.16. The second kappa shape index (κ2) is 10.5. The Labute approximate surface area is 180 Å². The van der Waals surface area contributed by atoms with Crippen LogP contribution < -0.4 is 11.1 Å². The largest absolute Gasteiger partial charge is 0.444 e. The number of ketones is 1. The Bertz CT molecular complexity index is 858. The van der Waals surface area contributed by atoms with E-state index in [0.717, 1.165) is 12.8 Å². The Morgan fingerprint density at radius 3 is 2.53 bits per heavy atom. The van der Waals surface area contributed by atoms with Gasteiger partial charge in [-0.1, -0.05) is 23.5 Å². The van der Waals surface area contributed by atoms with E-state index >= 15 is 0 Å². The number of nitrogens with two attached hydrogens (primary N) is 1. The first kappa shape index (κ1) is 23.8. The quantitative estimate of drug-likeness (QED) is 0.706. The van der Waals surface area contributed by atoms with Gasteiger partial charge in [0.2, 0.25) is 5.78 Å². The molecule has 9 heteroatoms. The maximum atomic E-state index is 13.3. The molecule has 1 aromatic carbocycles. The fourth-order valence-electron chi connectivity index (χ4n) is 2.93. The lowest BCUT2D eigenvalue weighted by atomic mass is 10.1. The van der Waals surface area contributed by atoms with Gasteiger partial charge in [0, 0.05) is 24.7 Å². The minimum atomic E-state index is -0.502. The van der Waals surface area contributed by atoms with Crippen molar-refractivity contribution in [1.29, 1.82) is 0 Å². The van der Waals surface area contributed by atoms with Gasteiger partial charge in [-0.2, -0.15) is 0 Å². The van der Waals surface area contributed by atoms with Crippen LogP contribution in [-0.2, 0) is 4.74 Å². The van der Waals surface area contributed by atoms with Crippen molar-refractivity contribution in [3.8, 4) is 0 Å². The number of ether oxygens (including phenoxy) is 1. The van der Waals surface area contributed by atoms with Crippen LogP contribution in [0.15, 0.2) is 30.5 Å². The summed E-state index contributed by atoms with van der Waals surface area (Å²) in [6.07, 6.45) is 2.76. The van der Waals surface area contributed by atoms with Crippen LogP contribution in [0.5, 0.6) is 0 Å². The number of nitrogens with zero attached hydrogens (tertiary/aromatic N) is 2. The molecular formula is C21H29FN4O3S. The van der Waals surface area contributed by atoms with Crippen LogP contribution in [0.25, 0.3) is 0 Å². The monoisotopic (exact) mass is 436 g/mol. The zero-order chi connectivity index (χ0) is 22.3. The lowest BCUT2D eigenvalue weighted by molar-refractivity contribution is 0.0210. The summed E-state index contributed by atoms with van der Waals surface area (Å²) in [5, 5.41) is 3.98. The Morgan fingerprint density at radius 2 is 1.93 bits per heavy atom. The predicted octanol–water partition coefficient (Wildman–Crippen LogP) is 3.90. The molecule has 3 N–H and O–H groups in total. The highest BCUT2D eigenvalue weighted by atomic mass is 32.1. The summed E-state index contributed by atoms with van der Waals surface area (Å²) in [6.45, 7) is 6.76. The second-order valence-corrected chi connectivity index (χ2v) is 8.79. The summed E-state index contributed by atoms with van der Waals surface area (Å²) in [4.78, 5) is 31.0. The van der Waals surface area contributed by atoms with Crippen molar-refractivity contribution in [2.75, 3.05) is 25.5 Å². The number of benzene rings is 1. The van der Waals surface area contributed by atoms with Gasteiger partial charge in [-0.25, -0.2) is 14.2 Å². The number of anilines is 1. The Kier molecular flexibility index (Phi) is 8.31. The van der Waals surface area contributed by atoms with Crippen LogP contribution in [0.2, 0.25) is 0 Å². The zero-order valence-corrected chi connectivity index (χ0v) is 18.6. The summed E-state index contributed by atoms with van der Waals surface area (Å²) < 4.78 is 18.7. The summed E-state index contributed by atoms with van der Waals surface area (Å²) in [7, 11) is 1.50. The molecule has 0 bridgehead atoms. The number of amides is 1. The van der Waals surface area contributed by atoms with Gasteiger partial charge >= 0.3 is 6.09 Å². The van der Waals surface area contributed by atoms with Crippen molar-refractivity contribution >= 4 is 28.3 Å². The first-order valence-electron chi connectivity index (χ1n) is 9.79. The number of hydrogen-bond donors (Lipinski definition) is 2. The number of carbonyl (C=O) groups is 2. The van der Waals surface area contributed by atoms with E-state index in [2.05, 4.69) is 16.0 Å². The van der Waals surface area contributed by atoms with Crippen LogP contribution in [-0.4, -0.2) is 53.5 Å². The number of rotatable bonds is 4.